The monoisotopic (exact) mass is 552 g/mol. The third kappa shape index (κ3) is 7.77. The van der Waals surface area contributed by atoms with Crippen molar-refractivity contribution in [1.82, 2.24) is 19.7 Å². The van der Waals surface area contributed by atoms with Crippen LogP contribution in [0.3, 0.4) is 0 Å². The van der Waals surface area contributed by atoms with Gasteiger partial charge in [-0.2, -0.15) is 13.2 Å². The number of rotatable bonds is 9. The summed E-state index contributed by atoms with van der Waals surface area (Å²) >= 11 is 0. The van der Waals surface area contributed by atoms with E-state index in [4.69, 9.17) is 0 Å². The fourth-order valence-electron chi connectivity index (χ4n) is 4.48. The Morgan fingerprint density at radius 1 is 1.00 bits per heavy atom. The van der Waals surface area contributed by atoms with Crippen LogP contribution in [0.15, 0.2) is 79.0 Å². The number of halogens is 3. The van der Waals surface area contributed by atoms with Gasteiger partial charge in [0.15, 0.2) is 0 Å². The third-order valence-corrected chi connectivity index (χ3v) is 6.90. The van der Waals surface area contributed by atoms with Gasteiger partial charge >= 0.3 is 12.1 Å². The van der Waals surface area contributed by atoms with Gasteiger partial charge < -0.3 is 14.9 Å². The van der Waals surface area contributed by atoms with E-state index >= 15 is 0 Å². The molecule has 1 unspecified atom stereocenters. The molecule has 1 saturated heterocycles. The van der Waals surface area contributed by atoms with Crippen LogP contribution in [0, 0.1) is 0 Å². The number of pyridine rings is 1. The van der Waals surface area contributed by atoms with Gasteiger partial charge in [0.25, 0.3) is 0 Å². The lowest BCUT2D eigenvalue weighted by atomic mass is 10.1. The number of aromatic nitrogens is 1. The van der Waals surface area contributed by atoms with E-state index in [1.165, 1.54) is 29.2 Å². The zero-order chi connectivity index (χ0) is 28.7. The van der Waals surface area contributed by atoms with Gasteiger partial charge in [-0.15, -0.1) is 0 Å². The van der Waals surface area contributed by atoms with Crippen molar-refractivity contribution in [3.8, 4) is 11.3 Å². The third-order valence-electron chi connectivity index (χ3n) is 6.90. The second-order valence-corrected chi connectivity index (χ2v) is 9.79. The van der Waals surface area contributed by atoms with Crippen LogP contribution >= 0.6 is 0 Å². The molecule has 1 fully saturated rings. The summed E-state index contributed by atoms with van der Waals surface area (Å²) in [4.78, 5) is 35.7. The molecule has 0 aliphatic carbocycles. The summed E-state index contributed by atoms with van der Waals surface area (Å²) in [5, 5.41) is 10.2. The van der Waals surface area contributed by atoms with E-state index in [1.807, 2.05) is 54.4 Å². The molecule has 40 heavy (non-hydrogen) atoms. The summed E-state index contributed by atoms with van der Waals surface area (Å²) in [6.07, 6.45) is -0.152. The molecule has 2 heterocycles. The maximum absolute atomic E-state index is 13.4. The number of piperazine rings is 1. The second kappa shape index (κ2) is 12.9. The van der Waals surface area contributed by atoms with Gasteiger partial charge in [-0.05, 0) is 48.5 Å². The summed E-state index contributed by atoms with van der Waals surface area (Å²) in [6, 6.07) is 16.3. The number of amides is 1. The highest BCUT2D eigenvalue weighted by Gasteiger charge is 2.32. The number of benzene rings is 2. The molecule has 1 aliphatic rings. The number of alkyl halides is 3. The van der Waals surface area contributed by atoms with Gasteiger partial charge in [0.1, 0.15) is 6.04 Å². The molecule has 10 heteroatoms. The van der Waals surface area contributed by atoms with Crippen molar-refractivity contribution < 1.29 is 27.9 Å². The minimum absolute atomic E-state index is 0.0450. The highest BCUT2D eigenvalue weighted by molar-refractivity contribution is 5.94. The Kier molecular flexibility index (Phi) is 9.34. The average Bonchev–Trinajstić information content (AvgIpc) is 2.95. The number of likely N-dealkylation sites (N-methyl/N-ethyl adjacent to an activating group) is 1. The van der Waals surface area contributed by atoms with Gasteiger partial charge in [-0.3, -0.25) is 14.7 Å². The fraction of sp³-hybridized carbons (Fsp3) is 0.300. The number of carboxylic acids is 1. The van der Waals surface area contributed by atoms with E-state index < -0.39 is 29.7 Å². The molecular weight excluding hydrogens is 521 g/mol. The summed E-state index contributed by atoms with van der Waals surface area (Å²) in [7, 11) is 2.00. The van der Waals surface area contributed by atoms with Crippen molar-refractivity contribution in [3.05, 3.63) is 95.7 Å². The molecule has 3 aromatic rings. The van der Waals surface area contributed by atoms with Crippen LogP contribution in [0.4, 0.5) is 13.2 Å². The van der Waals surface area contributed by atoms with Crippen molar-refractivity contribution in [2.75, 3.05) is 39.8 Å². The molecule has 1 amide bonds. The highest BCUT2D eigenvalue weighted by atomic mass is 19.4. The van der Waals surface area contributed by atoms with E-state index in [-0.39, 0.29) is 13.1 Å². The van der Waals surface area contributed by atoms with E-state index in [0.29, 0.717) is 18.7 Å². The molecule has 1 atom stereocenters. The Morgan fingerprint density at radius 2 is 1.68 bits per heavy atom. The first-order valence-corrected chi connectivity index (χ1v) is 12.9. The molecule has 0 saturated carbocycles. The minimum Gasteiger partial charge on any atom is -0.480 e. The fourth-order valence-corrected chi connectivity index (χ4v) is 4.48. The second-order valence-electron chi connectivity index (χ2n) is 9.79. The zero-order valence-corrected chi connectivity index (χ0v) is 22.1. The number of carboxylic acid groups (broad SMARTS) is 1. The van der Waals surface area contributed by atoms with E-state index in [1.54, 1.807) is 6.20 Å². The predicted octanol–water partition coefficient (Wildman–Crippen LogP) is 4.51. The highest BCUT2D eigenvalue weighted by Crippen LogP contribution is 2.29. The molecule has 1 aromatic heterocycles. The van der Waals surface area contributed by atoms with E-state index in [9.17, 15) is 27.9 Å². The quantitative estimate of drug-likeness (QED) is 0.394. The zero-order valence-electron chi connectivity index (χ0n) is 22.1. The lowest BCUT2D eigenvalue weighted by molar-refractivity contribution is -0.150. The smallest absolute Gasteiger partial charge is 0.416 e. The maximum Gasteiger partial charge on any atom is 0.416 e. The minimum atomic E-state index is -4.46. The van der Waals surface area contributed by atoms with Crippen molar-refractivity contribution in [3.63, 3.8) is 0 Å². The van der Waals surface area contributed by atoms with Crippen LogP contribution in [0.2, 0.25) is 0 Å². The van der Waals surface area contributed by atoms with Gasteiger partial charge in [0, 0.05) is 57.1 Å². The number of carbonyl (C=O) groups is 2. The first kappa shape index (κ1) is 29.0. The summed E-state index contributed by atoms with van der Waals surface area (Å²) in [5.41, 5.74) is 2.02. The van der Waals surface area contributed by atoms with Crippen molar-refractivity contribution >= 4 is 18.0 Å². The first-order valence-electron chi connectivity index (χ1n) is 12.9. The van der Waals surface area contributed by atoms with Crippen LogP contribution in [0.5, 0.6) is 0 Å². The number of nitrogens with zero attached hydrogens (tertiary/aromatic N) is 4. The largest absolute Gasteiger partial charge is 0.480 e. The van der Waals surface area contributed by atoms with Crippen molar-refractivity contribution in [1.29, 1.82) is 0 Å². The first-order chi connectivity index (χ1) is 19.1. The lowest BCUT2D eigenvalue weighted by Gasteiger charge is -2.36. The normalized spacial score (nSPS) is 15.7. The molecule has 1 N–H and O–H groups in total. The standard InChI is InChI=1S/C30H31F3N4O3/c1-35-16-18-36(19-17-35)21-27(29(39)40)37(20-23-5-10-24(11-6-23)26-4-2-3-15-34-26)28(38)14-9-22-7-12-25(13-8-22)30(31,32)33/h2-15,27H,16-21H2,1H3,(H,39,40). The molecule has 2 aromatic carbocycles. The molecule has 0 radical (unpaired) electrons. The summed E-state index contributed by atoms with van der Waals surface area (Å²) < 4.78 is 38.7. The average molecular weight is 553 g/mol. The van der Waals surface area contributed by atoms with Crippen LogP contribution in [0.25, 0.3) is 17.3 Å². The molecular formula is C30H31F3N4O3. The Labute approximate surface area is 231 Å². The molecule has 210 valence electrons. The maximum atomic E-state index is 13.4. The van der Waals surface area contributed by atoms with Gasteiger partial charge in [0.2, 0.25) is 5.91 Å². The molecule has 0 bridgehead atoms. The number of aliphatic carboxylic acids is 1. The van der Waals surface area contributed by atoms with Gasteiger partial charge in [-0.25, -0.2) is 4.79 Å². The molecule has 4 rings (SSSR count). The van der Waals surface area contributed by atoms with Crippen LogP contribution < -0.4 is 0 Å². The van der Waals surface area contributed by atoms with Gasteiger partial charge in [-0.1, -0.05) is 42.5 Å². The van der Waals surface area contributed by atoms with Crippen LogP contribution in [0.1, 0.15) is 16.7 Å². The van der Waals surface area contributed by atoms with E-state index in [0.717, 1.165) is 42.0 Å². The topological polar surface area (TPSA) is 77.0 Å². The summed E-state index contributed by atoms with van der Waals surface area (Å²) in [6.45, 7) is 3.16. The van der Waals surface area contributed by atoms with Crippen LogP contribution in [-0.4, -0.2) is 82.5 Å². The molecule has 0 spiro atoms. The lowest BCUT2D eigenvalue weighted by Crippen LogP contribution is -2.54. The number of hydrogen-bond acceptors (Lipinski definition) is 5. The molecule has 1 aliphatic heterocycles. The Bertz CT molecular complexity index is 1300. The van der Waals surface area contributed by atoms with Crippen molar-refractivity contribution in [2.45, 2.75) is 18.8 Å². The number of hydrogen-bond donors (Lipinski definition) is 1. The predicted molar refractivity (Wildman–Crippen MR) is 146 cm³/mol. The van der Waals surface area contributed by atoms with Crippen LogP contribution in [-0.2, 0) is 22.3 Å². The summed E-state index contributed by atoms with van der Waals surface area (Å²) in [5.74, 6) is -1.67. The molecule has 7 nitrogen and oxygen atoms in total. The Balaban J connectivity index is 1.57. The number of carbonyl (C=O) groups excluding carboxylic acids is 1. The Morgan fingerprint density at radius 3 is 2.25 bits per heavy atom. The van der Waals surface area contributed by atoms with Crippen molar-refractivity contribution in [2.24, 2.45) is 0 Å². The van der Waals surface area contributed by atoms with Gasteiger partial charge in [0.05, 0.1) is 11.3 Å². The van der Waals surface area contributed by atoms with E-state index in [2.05, 4.69) is 9.88 Å². The SMILES string of the molecule is CN1CCN(CC(C(=O)O)N(Cc2ccc(-c3ccccn3)cc2)C(=O)C=Cc2ccc(C(F)(F)F)cc2)CC1. The Hall–Kier alpha value is -4.02.